The SMILES string of the molecule is CC1CCOC1CNCCO. The van der Waals surface area contributed by atoms with Gasteiger partial charge in [-0.3, -0.25) is 0 Å². The van der Waals surface area contributed by atoms with Crippen molar-refractivity contribution >= 4 is 0 Å². The first-order valence-corrected chi connectivity index (χ1v) is 4.27. The summed E-state index contributed by atoms with van der Waals surface area (Å²) in [5, 5.41) is 11.6. The summed E-state index contributed by atoms with van der Waals surface area (Å²) in [4.78, 5) is 0. The summed E-state index contributed by atoms with van der Waals surface area (Å²) in [7, 11) is 0. The van der Waals surface area contributed by atoms with Gasteiger partial charge in [0.2, 0.25) is 0 Å². The van der Waals surface area contributed by atoms with E-state index in [4.69, 9.17) is 9.84 Å². The predicted molar refractivity (Wildman–Crippen MR) is 43.5 cm³/mol. The first-order chi connectivity index (χ1) is 5.34. The molecule has 0 aromatic heterocycles. The van der Waals surface area contributed by atoms with E-state index in [0.29, 0.717) is 18.6 Å². The van der Waals surface area contributed by atoms with Gasteiger partial charge < -0.3 is 15.2 Å². The Balaban J connectivity index is 2.05. The second-order valence-electron chi connectivity index (χ2n) is 3.10. The Hall–Kier alpha value is -0.120. The van der Waals surface area contributed by atoms with Crippen molar-refractivity contribution < 1.29 is 9.84 Å². The molecule has 0 bridgehead atoms. The molecule has 1 aliphatic heterocycles. The molecule has 1 fully saturated rings. The summed E-state index contributed by atoms with van der Waals surface area (Å²) in [6.07, 6.45) is 1.53. The maximum atomic E-state index is 8.50. The molecular formula is C8H17NO2. The van der Waals surface area contributed by atoms with Crippen molar-refractivity contribution in [2.45, 2.75) is 19.4 Å². The Morgan fingerprint density at radius 1 is 1.64 bits per heavy atom. The second-order valence-corrected chi connectivity index (χ2v) is 3.10. The van der Waals surface area contributed by atoms with Crippen LogP contribution in [0.5, 0.6) is 0 Å². The summed E-state index contributed by atoms with van der Waals surface area (Å²) >= 11 is 0. The number of nitrogens with one attached hydrogen (secondary N) is 1. The predicted octanol–water partition coefficient (Wildman–Crippen LogP) is -0.00670. The minimum atomic E-state index is 0.209. The quantitative estimate of drug-likeness (QED) is 0.567. The van der Waals surface area contributed by atoms with Gasteiger partial charge in [-0.1, -0.05) is 6.92 Å². The van der Waals surface area contributed by atoms with Crippen molar-refractivity contribution in [2.24, 2.45) is 5.92 Å². The molecule has 11 heavy (non-hydrogen) atoms. The Kier molecular flexibility index (Phi) is 3.83. The third-order valence-corrected chi connectivity index (χ3v) is 2.17. The Labute approximate surface area is 67.7 Å². The van der Waals surface area contributed by atoms with Crippen LogP contribution in [0.1, 0.15) is 13.3 Å². The van der Waals surface area contributed by atoms with Crippen LogP contribution in [-0.2, 0) is 4.74 Å². The molecule has 0 aromatic rings. The van der Waals surface area contributed by atoms with Crippen molar-refractivity contribution in [3.8, 4) is 0 Å². The molecule has 2 N–H and O–H groups in total. The summed E-state index contributed by atoms with van der Waals surface area (Å²) in [5.41, 5.74) is 0. The van der Waals surface area contributed by atoms with Gasteiger partial charge in [0, 0.05) is 19.7 Å². The van der Waals surface area contributed by atoms with Crippen molar-refractivity contribution in [3.63, 3.8) is 0 Å². The fraction of sp³-hybridized carbons (Fsp3) is 1.00. The number of aliphatic hydroxyl groups is 1. The van der Waals surface area contributed by atoms with Crippen LogP contribution >= 0.6 is 0 Å². The molecular weight excluding hydrogens is 142 g/mol. The minimum Gasteiger partial charge on any atom is -0.395 e. The lowest BCUT2D eigenvalue weighted by molar-refractivity contribution is 0.0923. The molecule has 2 unspecified atom stereocenters. The van der Waals surface area contributed by atoms with E-state index in [9.17, 15) is 0 Å². The standard InChI is InChI=1S/C8H17NO2/c1-7-2-5-11-8(7)6-9-3-4-10/h7-10H,2-6H2,1H3. The molecule has 66 valence electrons. The van der Waals surface area contributed by atoms with Crippen molar-refractivity contribution in [3.05, 3.63) is 0 Å². The molecule has 3 heteroatoms. The average molecular weight is 159 g/mol. The van der Waals surface area contributed by atoms with E-state index in [1.54, 1.807) is 0 Å². The highest BCUT2D eigenvalue weighted by molar-refractivity contribution is 4.74. The molecule has 0 aromatic carbocycles. The molecule has 3 nitrogen and oxygen atoms in total. The lowest BCUT2D eigenvalue weighted by Gasteiger charge is -2.14. The van der Waals surface area contributed by atoms with Gasteiger partial charge in [0.05, 0.1) is 12.7 Å². The van der Waals surface area contributed by atoms with Gasteiger partial charge in [-0.15, -0.1) is 0 Å². The molecule has 1 rings (SSSR count). The van der Waals surface area contributed by atoms with Crippen LogP contribution < -0.4 is 5.32 Å². The van der Waals surface area contributed by atoms with E-state index in [1.807, 2.05) is 0 Å². The van der Waals surface area contributed by atoms with Crippen LogP contribution in [-0.4, -0.2) is 37.5 Å². The third-order valence-electron chi connectivity index (χ3n) is 2.17. The Morgan fingerprint density at radius 3 is 3.00 bits per heavy atom. The van der Waals surface area contributed by atoms with Crippen LogP contribution in [0.4, 0.5) is 0 Å². The van der Waals surface area contributed by atoms with E-state index in [2.05, 4.69) is 12.2 Å². The maximum absolute atomic E-state index is 8.50. The van der Waals surface area contributed by atoms with Crippen molar-refractivity contribution in [1.82, 2.24) is 5.32 Å². The largest absolute Gasteiger partial charge is 0.395 e. The topological polar surface area (TPSA) is 41.5 Å². The summed E-state index contributed by atoms with van der Waals surface area (Å²) in [6.45, 7) is 4.86. The highest BCUT2D eigenvalue weighted by Crippen LogP contribution is 2.18. The van der Waals surface area contributed by atoms with Gasteiger partial charge in [0.15, 0.2) is 0 Å². The summed E-state index contributed by atoms with van der Waals surface area (Å²) in [6, 6.07) is 0. The zero-order chi connectivity index (χ0) is 8.10. The number of rotatable bonds is 4. The van der Waals surface area contributed by atoms with E-state index in [1.165, 1.54) is 6.42 Å². The van der Waals surface area contributed by atoms with E-state index < -0.39 is 0 Å². The molecule has 0 radical (unpaired) electrons. The Bertz CT molecular complexity index is 108. The molecule has 1 heterocycles. The maximum Gasteiger partial charge on any atom is 0.0725 e. The smallest absolute Gasteiger partial charge is 0.0725 e. The average Bonchev–Trinajstić information content (AvgIpc) is 2.37. The number of hydrogen-bond donors (Lipinski definition) is 2. The van der Waals surface area contributed by atoms with E-state index in [0.717, 1.165) is 13.2 Å². The number of hydrogen-bond acceptors (Lipinski definition) is 3. The van der Waals surface area contributed by atoms with Crippen LogP contribution in [0, 0.1) is 5.92 Å². The number of aliphatic hydroxyl groups excluding tert-OH is 1. The van der Waals surface area contributed by atoms with Crippen molar-refractivity contribution in [2.75, 3.05) is 26.3 Å². The molecule has 0 amide bonds. The first kappa shape index (κ1) is 8.97. The van der Waals surface area contributed by atoms with Crippen molar-refractivity contribution in [1.29, 1.82) is 0 Å². The third kappa shape index (κ3) is 2.77. The molecule has 0 aliphatic carbocycles. The van der Waals surface area contributed by atoms with Gasteiger partial charge >= 0.3 is 0 Å². The van der Waals surface area contributed by atoms with Gasteiger partial charge in [0.1, 0.15) is 0 Å². The zero-order valence-electron chi connectivity index (χ0n) is 7.05. The fourth-order valence-electron chi connectivity index (χ4n) is 1.34. The zero-order valence-corrected chi connectivity index (χ0v) is 7.05. The highest BCUT2D eigenvalue weighted by Gasteiger charge is 2.23. The van der Waals surface area contributed by atoms with Gasteiger partial charge in [-0.2, -0.15) is 0 Å². The Morgan fingerprint density at radius 2 is 2.45 bits per heavy atom. The highest BCUT2D eigenvalue weighted by atomic mass is 16.5. The lowest BCUT2D eigenvalue weighted by atomic mass is 10.0. The van der Waals surface area contributed by atoms with Gasteiger partial charge in [-0.25, -0.2) is 0 Å². The second kappa shape index (κ2) is 4.70. The summed E-state index contributed by atoms with van der Waals surface area (Å²) < 4.78 is 5.47. The molecule has 2 atom stereocenters. The van der Waals surface area contributed by atoms with Crippen LogP contribution in [0.3, 0.4) is 0 Å². The first-order valence-electron chi connectivity index (χ1n) is 4.27. The number of ether oxygens (including phenoxy) is 1. The molecule has 0 saturated carbocycles. The van der Waals surface area contributed by atoms with Crippen LogP contribution in [0.2, 0.25) is 0 Å². The van der Waals surface area contributed by atoms with Crippen LogP contribution in [0.15, 0.2) is 0 Å². The van der Waals surface area contributed by atoms with Gasteiger partial charge in [-0.05, 0) is 12.3 Å². The fourth-order valence-corrected chi connectivity index (χ4v) is 1.34. The van der Waals surface area contributed by atoms with E-state index >= 15 is 0 Å². The van der Waals surface area contributed by atoms with E-state index in [-0.39, 0.29) is 6.61 Å². The lowest BCUT2D eigenvalue weighted by Crippen LogP contribution is -2.31. The minimum absolute atomic E-state index is 0.209. The normalized spacial score (nSPS) is 31.1. The molecule has 0 spiro atoms. The van der Waals surface area contributed by atoms with Crippen LogP contribution in [0.25, 0.3) is 0 Å². The molecule has 1 aliphatic rings. The monoisotopic (exact) mass is 159 g/mol. The summed E-state index contributed by atoms with van der Waals surface area (Å²) in [5.74, 6) is 0.668. The van der Waals surface area contributed by atoms with Gasteiger partial charge in [0.25, 0.3) is 0 Å². The molecule has 1 saturated heterocycles.